The first-order chi connectivity index (χ1) is 6.75. The van der Waals surface area contributed by atoms with Crippen molar-refractivity contribution in [3.05, 3.63) is 22.7 Å². The van der Waals surface area contributed by atoms with E-state index < -0.39 is 0 Å². The van der Waals surface area contributed by atoms with Crippen molar-refractivity contribution in [1.29, 1.82) is 0 Å². The molecule has 7 heteroatoms. The predicted molar refractivity (Wildman–Crippen MR) is 53.5 cm³/mol. The second-order valence-corrected chi connectivity index (χ2v) is 3.58. The molecule has 0 aromatic carbocycles. The molecular weight excluding hydrogens is 224 g/mol. The zero-order valence-corrected chi connectivity index (χ0v) is 8.89. The lowest BCUT2D eigenvalue weighted by Gasteiger charge is -1.97. The molecule has 0 saturated carbocycles. The van der Waals surface area contributed by atoms with Crippen LogP contribution in [0.4, 0.5) is 5.82 Å². The highest BCUT2D eigenvalue weighted by molar-refractivity contribution is 6.99. The molecule has 0 radical (unpaired) electrons. The molecule has 1 N–H and O–H groups in total. The molecule has 74 valence electrons. The van der Waals surface area contributed by atoms with Crippen molar-refractivity contribution < 1.29 is 4.52 Å². The summed E-state index contributed by atoms with van der Waals surface area (Å²) in [7, 11) is 0. The van der Waals surface area contributed by atoms with Gasteiger partial charge in [0.1, 0.15) is 0 Å². The minimum atomic E-state index is 0.381. The highest BCUT2D eigenvalue weighted by Gasteiger charge is 2.06. The highest BCUT2D eigenvalue weighted by atomic mass is 35.5. The van der Waals surface area contributed by atoms with Crippen LogP contribution in [-0.2, 0) is 6.54 Å². The molecule has 0 fully saturated rings. The Bertz CT molecular complexity index is 427. The van der Waals surface area contributed by atoms with Crippen LogP contribution >= 0.6 is 23.3 Å². The monoisotopic (exact) mass is 230 g/mol. The molecule has 0 aliphatic rings. The Kier molecular flexibility index (Phi) is 2.64. The fraction of sp³-hybridized carbons (Fsp3) is 0.286. The molecule has 0 unspecified atom stereocenters. The van der Waals surface area contributed by atoms with Crippen LogP contribution < -0.4 is 5.32 Å². The van der Waals surface area contributed by atoms with Gasteiger partial charge in [-0.05, 0) is 6.92 Å². The average Bonchev–Trinajstić information content (AvgIpc) is 2.72. The largest absolute Gasteiger partial charge is 0.359 e. The van der Waals surface area contributed by atoms with Crippen LogP contribution in [0.2, 0.25) is 5.15 Å². The van der Waals surface area contributed by atoms with Crippen LogP contribution in [0.5, 0.6) is 0 Å². The van der Waals surface area contributed by atoms with Gasteiger partial charge in [-0.3, -0.25) is 0 Å². The van der Waals surface area contributed by atoms with Crippen LogP contribution in [0.1, 0.15) is 11.5 Å². The molecule has 0 atom stereocenters. The Labute approximate surface area is 89.4 Å². The third-order valence-electron chi connectivity index (χ3n) is 1.56. The normalized spacial score (nSPS) is 10.4. The van der Waals surface area contributed by atoms with Crippen molar-refractivity contribution in [2.45, 2.75) is 13.5 Å². The summed E-state index contributed by atoms with van der Waals surface area (Å²) in [5, 5.41) is 7.13. The molecule has 0 bridgehead atoms. The molecule has 0 aliphatic carbocycles. The van der Waals surface area contributed by atoms with Crippen LogP contribution in [0.25, 0.3) is 0 Å². The Morgan fingerprint density at radius 1 is 1.57 bits per heavy atom. The smallest absolute Gasteiger partial charge is 0.186 e. The van der Waals surface area contributed by atoms with Gasteiger partial charge in [0.2, 0.25) is 0 Å². The van der Waals surface area contributed by atoms with Gasteiger partial charge in [-0.25, -0.2) is 0 Å². The van der Waals surface area contributed by atoms with Gasteiger partial charge in [0.05, 0.1) is 24.0 Å². The molecule has 2 rings (SSSR count). The van der Waals surface area contributed by atoms with Gasteiger partial charge >= 0.3 is 0 Å². The SMILES string of the molecule is Cc1cc(CNc2nsnc2Cl)on1. The lowest BCUT2D eigenvalue weighted by molar-refractivity contribution is 0.384. The molecule has 14 heavy (non-hydrogen) atoms. The first kappa shape index (κ1) is 9.42. The van der Waals surface area contributed by atoms with Crippen LogP contribution in [0, 0.1) is 6.92 Å². The fourth-order valence-corrected chi connectivity index (χ4v) is 1.64. The Balaban J connectivity index is 1.98. The van der Waals surface area contributed by atoms with E-state index >= 15 is 0 Å². The summed E-state index contributed by atoms with van der Waals surface area (Å²) in [6.45, 7) is 2.37. The van der Waals surface area contributed by atoms with Crippen molar-refractivity contribution in [3.8, 4) is 0 Å². The Morgan fingerprint density at radius 2 is 2.43 bits per heavy atom. The quantitative estimate of drug-likeness (QED) is 0.875. The number of nitrogens with zero attached hydrogens (tertiary/aromatic N) is 3. The number of halogens is 1. The van der Waals surface area contributed by atoms with Crippen molar-refractivity contribution >= 4 is 29.1 Å². The lowest BCUT2D eigenvalue weighted by Crippen LogP contribution is -1.98. The summed E-state index contributed by atoms with van der Waals surface area (Å²) < 4.78 is 12.8. The number of aromatic nitrogens is 3. The Hall–Kier alpha value is -1.14. The molecule has 0 saturated heterocycles. The third kappa shape index (κ3) is 2.02. The molecule has 2 aromatic heterocycles. The topological polar surface area (TPSA) is 63.8 Å². The van der Waals surface area contributed by atoms with Gasteiger partial charge in [0.15, 0.2) is 16.7 Å². The summed E-state index contributed by atoms with van der Waals surface area (Å²) in [6, 6.07) is 1.85. The lowest BCUT2D eigenvalue weighted by atomic mass is 10.4. The summed E-state index contributed by atoms with van der Waals surface area (Å²) in [5.41, 5.74) is 0.851. The summed E-state index contributed by atoms with van der Waals surface area (Å²) >= 11 is 6.81. The maximum Gasteiger partial charge on any atom is 0.186 e. The number of aryl methyl sites for hydroxylation is 1. The molecular formula is C7H7ClN4OS. The zero-order valence-electron chi connectivity index (χ0n) is 7.32. The van der Waals surface area contributed by atoms with E-state index in [1.54, 1.807) is 0 Å². The maximum absolute atomic E-state index is 5.74. The molecule has 0 spiro atoms. The molecule has 2 heterocycles. The predicted octanol–water partition coefficient (Wildman–Crippen LogP) is 2.10. The van der Waals surface area contributed by atoms with Crippen molar-refractivity contribution in [2.24, 2.45) is 0 Å². The van der Waals surface area contributed by atoms with E-state index in [1.165, 1.54) is 0 Å². The van der Waals surface area contributed by atoms with Crippen LogP contribution in [0.15, 0.2) is 10.6 Å². The van der Waals surface area contributed by atoms with Crippen molar-refractivity contribution in [3.63, 3.8) is 0 Å². The second kappa shape index (κ2) is 3.93. The molecule has 0 aliphatic heterocycles. The van der Waals surface area contributed by atoms with Gasteiger partial charge in [-0.2, -0.15) is 8.75 Å². The van der Waals surface area contributed by atoms with E-state index in [-0.39, 0.29) is 0 Å². The average molecular weight is 231 g/mol. The minimum absolute atomic E-state index is 0.381. The van der Waals surface area contributed by atoms with E-state index in [2.05, 4.69) is 19.2 Å². The minimum Gasteiger partial charge on any atom is -0.359 e. The number of rotatable bonds is 3. The number of hydrogen-bond acceptors (Lipinski definition) is 6. The van der Waals surface area contributed by atoms with E-state index in [0.717, 1.165) is 23.2 Å². The van der Waals surface area contributed by atoms with E-state index in [4.69, 9.17) is 16.1 Å². The summed E-state index contributed by atoms with van der Waals surface area (Å²) in [6.07, 6.45) is 0. The molecule has 0 amide bonds. The second-order valence-electron chi connectivity index (χ2n) is 2.69. The highest BCUT2D eigenvalue weighted by Crippen LogP contribution is 2.18. The number of anilines is 1. The first-order valence-electron chi connectivity index (χ1n) is 3.90. The van der Waals surface area contributed by atoms with Gasteiger partial charge in [0, 0.05) is 6.07 Å². The molecule has 5 nitrogen and oxygen atoms in total. The number of nitrogens with one attached hydrogen (secondary N) is 1. The van der Waals surface area contributed by atoms with Gasteiger partial charge in [-0.15, -0.1) is 0 Å². The zero-order chi connectivity index (χ0) is 9.97. The van der Waals surface area contributed by atoms with Gasteiger partial charge in [-0.1, -0.05) is 16.8 Å². The third-order valence-corrected chi connectivity index (χ3v) is 2.45. The summed E-state index contributed by atoms with van der Waals surface area (Å²) in [5.74, 6) is 1.32. The number of hydrogen-bond donors (Lipinski definition) is 1. The van der Waals surface area contributed by atoms with Crippen LogP contribution in [-0.4, -0.2) is 13.9 Å². The van der Waals surface area contributed by atoms with Gasteiger partial charge in [0.25, 0.3) is 0 Å². The maximum atomic E-state index is 5.74. The van der Waals surface area contributed by atoms with E-state index in [1.807, 2.05) is 13.0 Å². The van der Waals surface area contributed by atoms with Crippen molar-refractivity contribution in [1.82, 2.24) is 13.9 Å². The summed E-state index contributed by atoms with van der Waals surface area (Å²) in [4.78, 5) is 0. The molecule has 2 aromatic rings. The van der Waals surface area contributed by atoms with E-state index in [9.17, 15) is 0 Å². The fourth-order valence-electron chi connectivity index (χ4n) is 0.954. The van der Waals surface area contributed by atoms with Crippen LogP contribution in [0.3, 0.4) is 0 Å². The standard InChI is InChI=1S/C7H7ClN4OS/c1-4-2-5(13-10-4)3-9-7-6(8)11-14-12-7/h2H,3H2,1H3,(H,9,12). The van der Waals surface area contributed by atoms with Gasteiger partial charge < -0.3 is 9.84 Å². The van der Waals surface area contributed by atoms with E-state index in [0.29, 0.717) is 17.5 Å². The van der Waals surface area contributed by atoms with Crippen molar-refractivity contribution in [2.75, 3.05) is 5.32 Å². The first-order valence-corrected chi connectivity index (χ1v) is 5.00. The Morgan fingerprint density at radius 3 is 3.00 bits per heavy atom.